The molecule has 1 aliphatic heterocycles. The van der Waals surface area contributed by atoms with Gasteiger partial charge in [-0.15, -0.1) is 0 Å². The van der Waals surface area contributed by atoms with Gasteiger partial charge in [0.05, 0.1) is 22.5 Å². The Morgan fingerprint density at radius 3 is 2.67 bits per heavy atom. The van der Waals surface area contributed by atoms with E-state index in [0.717, 1.165) is 11.6 Å². The van der Waals surface area contributed by atoms with Crippen molar-refractivity contribution in [2.75, 3.05) is 13.2 Å². The second kappa shape index (κ2) is 6.21. The van der Waals surface area contributed by atoms with Gasteiger partial charge in [-0.3, -0.25) is 10.1 Å². The Labute approximate surface area is 138 Å². The Balaban J connectivity index is 2.00. The van der Waals surface area contributed by atoms with E-state index in [-0.39, 0.29) is 28.3 Å². The molecule has 1 unspecified atom stereocenters. The molecule has 1 fully saturated rings. The highest BCUT2D eigenvalue weighted by molar-refractivity contribution is 7.91. The number of aryl methyl sites for hydroxylation is 1. The van der Waals surface area contributed by atoms with Crippen LogP contribution in [0.3, 0.4) is 0 Å². The molecule has 0 saturated carbocycles. The standard InChI is InChI=1S/C16H15NO6S/c1-11-3-2-4-14(7-11)24(20,21)16-6-5-12(8-15(16)17(18)19)22-9-13-10-23-13/h2-8,13H,9-10H2,1H3. The van der Waals surface area contributed by atoms with Gasteiger partial charge < -0.3 is 9.47 Å². The summed E-state index contributed by atoms with van der Waals surface area (Å²) in [6, 6.07) is 10.0. The molecule has 1 saturated heterocycles. The van der Waals surface area contributed by atoms with Crippen molar-refractivity contribution in [1.29, 1.82) is 0 Å². The van der Waals surface area contributed by atoms with Gasteiger partial charge in [0.2, 0.25) is 9.84 Å². The van der Waals surface area contributed by atoms with Crippen LogP contribution in [0.2, 0.25) is 0 Å². The molecule has 0 amide bonds. The van der Waals surface area contributed by atoms with Gasteiger partial charge in [0, 0.05) is 0 Å². The molecule has 2 aromatic rings. The first kappa shape index (κ1) is 16.4. The Morgan fingerprint density at radius 2 is 2.04 bits per heavy atom. The van der Waals surface area contributed by atoms with E-state index in [9.17, 15) is 18.5 Å². The average Bonchev–Trinajstić information content (AvgIpc) is 3.37. The first-order valence-electron chi connectivity index (χ1n) is 7.22. The molecule has 0 radical (unpaired) electrons. The predicted octanol–water partition coefficient (Wildman–Crippen LogP) is 2.51. The molecule has 1 aliphatic rings. The van der Waals surface area contributed by atoms with Gasteiger partial charge >= 0.3 is 0 Å². The summed E-state index contributed by atoms with van der Waals surface area (Å²) in [6.07, 6.45) is -0.000223. The summed E-state index contributed by atoms with van der Waals surface area (Å²) in [5.41, 5.74) is 0.244. The first-order chi connectivity index (χ1) is 11.4. The fourth-order valence-corrected chi connectivity index (χ4v) is 3.73. The van der Waals surface area contributed by atoms with Crippen molar-refractivity contribution in [3.63, 3.8) is 0 Å². The largest absolute Gasteiger partial charge is 0.491 e. The highest BCUT2D eigenvalue weighted by atomic mass is 32.2. The van der Waals surface area contributed by atoms with Crippen LogP contribution in [0, 0.1) is 17.0 Å². The molecule has 0 aliphatic carbocycles. The smallest absolute Gasteiger partial charge is 0.292 e. The van der Waals surface area contributed by atoms with Gasteiger partial charge in [-0.25, -0.2) is 8.42 Å². The van der Waals surface area contributed by atoms with Crippen LogP contribution >= 0.6 is 0 Å². The van der Waals surface area contributed by atoms with Gasteiger partial charge in [-0.1, -0.05) is 12.1 Å². The Bertz CT molecular complexity index is 889. The zero-order chi connectivity index (χ0) is 17.3. The minimum absolute atomic E-state index is 0.000223. The minimum Gasteiger partial charge on any atom is -0.491 e. The van der Waals surface area contributed by atoms with E-state index in [4.69, 9.17) is 9.47 Å². The van der Waals surface area contributed by atoms with Crippen molar-refractivity contribution in [3.05, 3.63) is 58.1 Å². The number of hydrogen-bond acceptors (Lipinski definition) is 6. The van der Waals surface area contributed by atoms with Gasteiger partial charge in [0.15, 0.2) is 0 Å². The fraction of sp³-hybridized carbons (Fsp3) is 0.250. The third-order valence-corrected chi connectivity index (χ3v) is 5.35. The van der Waals surface area contributed by atoms with Gasteiger partial charge in [-0.05, 0) is 36.8 Å². The summed E-state index contributed by atoms with van der Waals surface area (Å²) < 4.78 is 35.9. The van der Waals surface area contributed by atoms with E-state index in [0.29, 0.717) is 6.61 Å². The second-order valence-corrected chi connectivity index (χ2v) is 7.39. The zero-order valence-corrected chi connectivity index (χ0v) is 13.7. The first-order valence-corrected chi connectivity index (χ1v) is 8.71. The maximum absolute atomic E-state index is 12.7. The van der Waals surface area contributed by atoms with Crippen molar-refractivity contribution in [2.45, 2.75) is 22.8 Å². The Kier molecular flexibility index (Phi) is 4.25. The van der Waals surface area contributed by atoms with E-state index in [2.05, 4.69) is 0 Å². The van der Waals surface area contributed by atoms with Crippen molar-refractivity contribution in [1.82, 2.24) is 0 Å². The van der Waals surface area contributed by atoms with Crippen molar-refractivity contribution in [3.8, 4) is 5.75 Å². The monoisotopic (exact) mass is 349 g/mol. The van der Waals surface area contributed by atoms with Crippen molar-refractivity contribution < 1.29 is 22.8 Å². The van der Waals surface area contributed by atoms with Crippen LogP contribution in [0.1, 0.15) is 5.56 Å². The van der Waals surface area contributed by atoms with Crippen LogP contribution < -0.4 is 4.74 Å². The Hall–Kier alpha value is -2.45. The van der Waals surface area contributed by atoms with Gasteiger partial charge in [-0.2, -0.15) is 0 Å². The van der Waals surface area contributed by atoms with Gasteiger partial charge in [0.1, 0.15) is 23.4 Å². The second-order valence-electron chi connectivity index (χ2n) is 5.47. The number of nitrogens with zero attached hydrogens (tertiary/aromatic N) is 1. The molecule has 0 aromatic heterocycles. The molecule has 0 spiro atoms. The van der Waals surface area contributed by atoms with Crippen LogP contribution in [-0.4, -0.2) is 32.7 Å². The maximum Gasteiger partial charge on any atom is 0.292 e. The number of nitro benzene ring substituents is 1. The summed E-state index contributed by atoms with van der Waals surface area (Å²) in [5, 5.41) is 11.3. The van der Waals surface area contributed by atoms with Crippen LogP contribution in [0.4, 0.5) is 5.69 Å². The third kappa shape index (κ3) is 3.39. The quantitative estimate of drug-likeness (QED) is 0.451. The lowest BCUT2D eigenvalue weighted by molar-refractivity contribution is -0.387. The summed E-state index contributed by atoms with van der Waals surface area (Å²) >= 11 is 0. The predicted molar refractivity (Wildman–Crippen MR) is 85.0 cm³/mol. The topological polar surface area (TPSA) is 99.0 Å². The molecule has 0 N–H and O–H groups in total. The third-order valence-electron chi connectivity index (χ3n) is 3.55. The summed E-state index contributed by atoms with van der Waals surface area (Å²) in [6.45, 7) is 2.63. The van der Waals surface area contributed by atoms with Crippen LogP contribution in [0.15, 0.2) is 52.3 Å². The van der Waals surface area contributed by atoms with Crippen molar-refractivity contribution >= 4 is 15.5 Å². The summed E-state index contributed by atoms with van der Waals surface area (Å²) in [5.74, 6) is 0.236. The highest BCUT2D eigenvalue weighted by Gasteiger charge is 2.29. The molecule has 7 nitrogen and oxygen atoms in total. The summed E-state index contributed by atoms with van der Waals surface area (Å²) in [7, 11) is -3.99. The number of ether oxygens (including phenoxy) is 2. The van der Waals surface area contributed by atoms with Crippen molar-refractivity contribution in [2.24, 2.45) is 0 Å². The van der Waals surface area contributed by atoms with E-state index in [1.807, 2.05) is 0 Å². The molecule has 24 heavy (non-hydrogen) atoms. The van der Waals surface area contributed by atoms with E-state index >= 15 is 0 Å². The highest BCUT2D eigenvalue weighted by Crippen LogP contribution is 2.33. The lowest BCUT2D eigenvalue weighted by Gasteiger charge is -2.09. The average molecular weight is 349 g/mol. The molecular weight excluding hydrogens is 334 g/mol. The van der Waals surface area contributed by atoms with Crippen LogP contribution in [-0.2, 0) is 14.6 Å². The minimum atomic E-state index is -3.99. The van der Waals surface area contributed by atoms with Gasteiger partial charge in [0.25, 0.3) is 5.69 Å². The molecule has 8 heteroatoms. The fourth-order valence-electron chi connectivity index (χ4n) is 2.22. The van der Waals surface area contributed by atoms with E-state index in [1.165, 1.54) is 24.3 Å². The van der Waals surface area contributed by atoms with E-state index in [1.54, 1.807) is 19.1 Å². The number of hydrogen-bond donors (Lipinski definition) is 0. The molecule has 3 rings (SSSR count). The van der Waals surface area contributed by atoms with Crippen LogP contribution in [0.5, 0.6) is 5.75 Å². The molecule has 0 bridgehead atoms. The zero-order valence-electron chi connectivity index (χ0n) is 12.8. The normalized spacial score (nSPS) is 16.6. The number of nitro groups is 1. The maximum atomic E-state index is 12.7. The number of benzene rings is 2. The number of sulfone groups is 1. The molecular formula is C16H15NO6S. The van der Waals surface area contributed by atoms with Crippen LogP contribution in [0.25, 0.3) is 0 Å². The number of epoxide rings is 1. The van der Waals surface area contributed by atoms with E-state index < -0.39 is 20.4 Å². The lowest BCUT2D eigenvalue weighted by atomic mass is 10.2. The number of rotatable bonds is 6. The molecule has 2 aromatic carbocycles. The molecule has 126 valence electrons. The molecule has 1 atom stereocenters. The SMILES string of the molecule is Cc1cccc(S(=O)(=O)c2ccc(OCC3CO3)cc2[N+](=O)[O-])c1. The lowest BCUT2D eigenvalue weighted by Crippen LogP contribution is -2.08. The Morgan fingerprint density at radius 1 is 1.29 bits per heavy atom. The summed E-state index contributed by atoms with van der Waals surface area (Å²) in [4.78, 5) is 10.3. The molecule has 1 heterocycles.